The summed E-state index contributed by atoms with van der Waals surface area (Å²) in [6.07, 6.45) is 1.90. The maximum Gasteiger partial charge on any atom is 0.414 e. The van der Waals surface area contributed by atoms with E-state index in [1.807, 2.05) is 0 Å². The Morgan fingerprint density at radius 3 is 2.95 bits per heavy atom. The summed E-state index contributed by atoms with van der Waals surface area (Å²) in [6.45, 7) is 3.09. The van der Waals surface area contributed by atoms with Crippen molar-refractivity contribution in [3.63, 3.8) is 0 Å². The molecule has 2 heterocycles. The van der Waals surface area contributed by atoms with Crippen molar-refractivity contribution >= 4 is 40.8 Å². The predicted octanol–water partition coefficient (Wildman–Crippen LogP) is 1.30. The summed E-state index contributed by atoms with van der Waals surface area (Å²) < 4.78 is 5.98. The number of anilines is 1. The molecule has 0 atom stereocenters. The molecule has 0 saturated heterocycles. The van der Waals surface area contributed by atoms with E-state index in [4.69, 9.17) is 21.4 Å². The van der Waals surface area contributed by atoms with Crippen LogP contribution in [0.3, 0.4) is 0 Å². The third-order valence-corrected chi connectivity index (χ3v) is 2.54. The number of nitrogens with zero attached hydrogens (tertiary/aromatic N) is 4. The van der Waals surface area contributed by atoms with E-state index in [2.05, 4.69) is 26.8 Å². The highest BCUT2D eigenvalue weighted by atomic mass is 35.5. The Bertz CT molecular complexity index is 714. The molecule has 2 rings (SSSR count). The van der Waals surface area contributed by atoms with Crippen molar-refractivity contribution in [1.82, 2.24) is 19.5 Å². The van der Waals surface area contributed by atoms with Gasteiger partial charge in [0.1, 0.15) is 18.7 Å². The van der Waals surface area contributed by atoms with Gasteiger partial charge in [-0.05, 0) is 0 Å². The fraction of sp³-hybridized carbons (Fsp3) is 0.182. The number of carbonyl (C=O) groups excluding carboxylic acids is 1. The molecule has 0 aliphatic rings. The molecule has 0 aliphatic carbocycles. The van der Waals surface area contributed by atoms with Gasteiger partial charge < -0.3 is 14.4 Å². The van der Waals surface area contributed by atoms with Crippen LogP contribution < -0.4 is 5.32 Å². The highest BCUT2D eigenvalue weighted by molar-refractivity contribution is 6.33. The Balaban J connectivity index is 2.31. The van der Waals surface area contributed by atoms with Crippen LogP contribution in [0.4, 0.5) is 10.7 Å². The molecular formula is C11H10ClN5O4. The minimum absolute atomic E-state index is 0.0110. The summed E-state index contributed by atoms with van der Waals surface area (Å²) >= 11 is 5.92. The van der Waals surface area contributed by atoms with Crippen LogP contribution >= 0.6 is 11.6 Å². The first kappa shape index (κ1) is 14.7. The van der Waals surface area contributed by atoms with Crippen molar-refractivity contribution in [3.8, 4) is 0 Å². The molecule has 0 unspecified atom stereocenters. The molecule has 21 heavy (non-hydrogen) atoms. The van der Waals surface area contributed by atoms with Crippen LogP contribution in [0.15, 0.2) is 19.0 Å². The van der Waals surface area contributed by atoms with Crippen LogP contribution in [0.5, 0.6) is 0 Å². The van der Waals surface area contributed by atoms with Crippen LogP contribution in [-0.4, -0.2) is 43.3 Å². The summed E-state index contributed by atoms with van der Waals surface area (Å²) in [5, 5.41) is 11.1. The zero-order chi connectivity index (χ0) is 15.4. The lowest BCUT2D eigenvalue weighted by Crippen LogP contribution is -2.16. The van der Waals surface area contributed by atoms with E-state index < -0.39 is 12.1 Å². The second-order valence-electron chi connectivity index (χ2n) is 3.79. The molecular weight excluding hydrogens is 302 g/mol. The van der Waals surface area contributed by atoms with E-state index in [0.717, 1.165) is 0 Å². The molecule has 2 aromatic heterocycles. The number of carboxylic acids is 1. The SMILES string of the molecule is C=CCOC(=O)Nc1nc(Cl)c2ncn(CC(=O)O)c2n1. The van der Waals surface area contributed by atoms with Crippen molar-refractivity contribution in [3.05, 3.63) is 24.1 Å². The number of hydrogen-bond acceptors (Lipinski definition) is 6. The van der Waals surface area contributed by atoms with Crippen molar-refractivity contribution in [2.45, 2.75) is 6.54 Å². The van der Waals surface area contributed by atoms with Gasteiger partial charge in [-0.2, -0.15) is 9.97 Å². The molecule has 0 saturated carbocycles. The Hall–Kier alpha value is -2.68. The summed E-state index contributed by atoms with van der Waals surface area (Å²) in [5.41, 5.74) is 0.430. The van der Waals surface area contributed by atoms with E-state index in [9.17, 15) is 9.59 Å². The minimum Gasteiger partial charge on any atom is -0.480 e. The third-order valence-electron chi connectivity index (χ3n) is 2.27. The molecule has 0 aromatic carbocycles. The van der Waals surface area contributed by atoms with E-state index in [0.29, 0.717) is 0 Å². The number of imidazole rings is 1. The summed E-state index contributed by atoms with van der Waals surface area (Å²) in [5.74, 6) is -1.18. The standard InChI is InChI=1S/C11H10ClN5O4/c1-2-3-21-11(20)16-10-14-8(12)7-9(15-10)17(5-13-7)4-6(18)19/h2,5H,1,3-4H2,(H,18,19)(H,14,15,16,20). The van der Waals surface area contributed by atoms with Crippen LogP contribution in [0.25, 0.3) is 11.2 Å². The van der Waals surface area contributed by atoms with Gasteiger partial charge in [-0.3, -0.25) is 10.1 Å². The van der Waals surface area contributed by atoms with Crippen LogP contribution in [0, 0.1) is 0 Å². The zero-order valence-corrected chi connectivity index (χ0v) is 11.4. The second kappa shape index (κ2) is 6.18. The fourth-order valence-corrected chi connectivity index (χ4v) is 1.70. The molecule has 0 bridgehead atoms. The number of carboxylic acid groups (broad SMARTS) is 1. The van der Waals surface area contributed by atoms with Crippen molar-refractivity contribution < 1.29 is 19.4 Å². The molecule has 0 spiro atoms. The summed E-state index contributed by atoms with van der Waals surface area (Å²) in [7, 11) is 0. The first-order chi connectivity index (χ1) is 10.0. The Morgan fingerprint density at radius 1 is 1.52 bits per heavy atom. The van der Waals surface area contributed by atoms with Crippen molar-refractivity contribution in [2.24, 2.45) is 0 Å². The number of fused-ring (bicyclic) bond motifs is 1. The van der Waals surface area contributed by atoms with Crippen molar-refractivity contribution in [1.29, 1.82) is 0 Å². The van der Waals surface area contributed by atoms with E-state index in [1.54, 1.807) is 0 Å². The van der Waals surface area contributed by atoms with Gasteiger partial charge >= 0.3 is 12.1 Å². The van der Waals surface area contributed by atoms with Gasteiger partial charge in [0, 0.05) is 0 Å². The average Bonchev–Trinajstić information content (AvgIpc) is 2.79. The van der Waals surface area contributed by atoms with Crippen LogP contribution in [0.1, 0.15) is 0 Å². The Labute approximate surface area is 123 Å². The van der Waals surface area contributed by atoms with Crippen LogP contribution in [0.2, 0.25) is 5.15 Å². The van der Waals surface area contributed by atoms with E-state index in [1.165, 1.54) is 17.0 Å². The topological polar surface area (TPSA) is 119 Å². The van der Waals surface area contributed by atoms with E-state index in [-0.39, 0.29) is 35.4 Å². The number of ether oxygens (including phenoxy) is 1. The second-order valence-corrected chi connectivity index (χ2v) is 4.15. The number of rotatable bonds is 5. The smallest absolute Gasteiger partial charge is 0.414 e. The number of aromatic nitrogens is 4. The van der Waals surface area contributed by atoms with Crippen molar-refractivity contribution in [2.75, 3.05) is 11.9 Å². The van der Waals surface area contributed by atoms with Gasteiger partial charge in [-0.15, -0.1) is 0 Å². The molecule has 2 N–H and O–H groups in total. The quantitative estimate of drug-likeness (QED) is 0.630. The van der Waals surface area contributed by atoms with Crippen LogP contribution in [-0.2, 0) is 16.1 Å². The first-order valence-electron chi connectivity index (χ1n) is 5.66. The Morgan fingerprint density at radius 2 is 2.29 bits per heavy atom. The van der Waals surface area contributed by atoms with Gasteiger partial charge in [-0.1, -0.05) is 24.3 Å². The number of carbonyl (C=O) groups is 2. The lowest BCUT2D eigenvalue weighted by Gasteiger charge is -2.05. The highest BCUT2D eigenvalue weighted by Crippen LogP contribution is 2.20. The lowest BCUT2D eigenvalue weighted by molar-refractivity contribution is -0.137. The van der Waals surface area contributed by atoms with Gasteiger partial charge in [0.05, 0.1) is 6.33 Å². The Kier molecular flexibility index (Phi) is 4.33. The predicted molar refractivity (Wildman–Crippen MR) is 73.1 cm³/mol. The fourth-order valence-electron chi connectivity index (χ4n) is 1.49. The summed E-state index contributed by atoms with van der Waals surface area (Å²) in [6, 6.07) is 0. The molecule has 110 valence electrons. The minimum atomic E-state index is -1.07. The molecule has 0 aliphatic heterocycles. The molecule has 0 radical (unpaired) electrons. The summed E-state index contributed by atoms with van der Waals surface area (Å²) in [4.78, 5) is 33.9. The van der Waals surface area contributed by atoms with Gasteiger partial charge in [0.15, 0.2) is 10.8 Å². The maximum absolute atomic E-state index is 11.4. The largest absolute Gasteiger partial charge is 0.480 e. The third kappa shape index (κ3) is 3.45. The number of aliphatic carboxylic acids is 1. The zero-order valence-electron chi connectivity index (χ0n) is 10.6. The normalized spacial score (nSPS) is 10.3. The molecule has 9 nitrogen and oxygen atoms in total. The number of nitrogens with one attached hydrogen (secondary N) is 1. The monoisotopic (exact) mass is 311 g/mol. The van der Waals surface area contributed by atoms with Gasteiger partial charge in [-0.25, -0.2) is 9.78 Å². The maximum atomic E-state index is 11.4. The molecule has 10 heteroatoms. The van der Waals surface area contributed by atoms with E-state index >= 15 is 0 Å². The molecule has 0 fully saturated rings. The lowest BCUT2D eigenvalue weighted by atomic mass is 10.5. The highest BCUT2D eigenvalue weighted by Gasteiger charge is 2.15. The molecule has 1 amide bonds. The number of hydrogen-bond donors (Lipinski definition) is 2. The number of halogens is 1. The average molecular weight is 312 g/mol. The molecule has 2 aromatic rings. The van der Waals surface area contributed by atoms with Gasteiger partial charge in [0.25, 0.3) is 0 Å². The number of amides is 1. The first-order valence-corrected chi connectivity index (χ1v) is 6.04. The van der Waals surface area contributed by atoms with Gasteiger partial charge in [0.2, 0.25) is 5.95 Å².